The Morgan fingerprint density at radius 3 is 2.85 bits per heavy atom. The van der Waals surface area contributed by atoms with Gasteiger partial charge in [-0.05, 0) is 73.8 Å². The zero-order valence-corrected chi connectivity index (χ0v) is 22.2. The highest BCUT2D eigenvalue weighted by Gasteiger charge is 2.26. The fourth-order valence-corrected chi connectivity index (χ4v) is 5.17. The van der Waals surface area contributed by atoms with E-state index in [0.29, 0.717) is 40.3 Å². The van der Waals surface area contributed by atoms with E-state index in [1.807, 2.05) is 6.07 Å². The number of nitrogens with zero attached hydrogens (tertiary/aromatic N) is 4. The number of carbonyl (C=O) groups is 3. The van der Waals surface area contributed by atoms with Gasteiger partial charge in [0.1, 0.15) is 0 Å². The van der Waals surface area contributed by atoms with Crippen LogP contribution in [0, 0.1) is 5.92 Å². The van der Waals surface area contributed by atoms with Gasteiger partial charge in [-0.15, -0.1) is 0 Å². The van der Waals surface area contributed by atoms with Crippen molar-refractivity contribution in [3.8, 4) is 11.3 Å². The summed E-state index contributed by atoms with van der Waals surface area (Å²) in [5.74, 6) is 0.288. The molecule has 2 amide bonds. The van der Waals surface area contributed by atoms with Crippen LogP contribution in [-0.2, 0) is 16.1 Å². The molecule has 39 heavy (non-hydrogen) atoms. The number of rotatable bonds is 9. The lowest BCUT2D eigenvalue weighted by Gasteiger charge is -2.32. The van der Waals surface area contributed by atoms with E-state index in [0.717, 1.165) is 55.4 Å². The highest BCUT2D eigenvalue weighted by atomic mass is 32.2. The molecule has 2 aliphatic rings. The molecule has 0 saturated carbocycles. The molecule has 2 N–H and O–H groups in total. The molecule has 0 aromatic carbocycles. The van der Waals surface area contributed by atoms with E-state index in [-0.39, 0.29) is 11.8 Å². The fraction of sp³-hybridized carbons (Fsp3) is 0.333. The first-order valence-corrected chi connectivity index (χ1v) is 13.5. The number of esters is 1. The summed E-state index contributed by atoms with van der Waals surface area (Å²) in [7, 11) is 0. The molecule has 0 bridgehead atoms. The molecule has 12 heteroatoms. The highest BCUT2D eigenvalue weighted by Crippen LogP contribution is 2.27. The first-order chi connectivity index (χ1) is 19.0. The Morgan fingerprint density at radius 1 is 1.28 bits per heavy atom. The van der Waals surface area contributed by atoms with Crippen LogP contribution < -0.4 is 15.5 Å². The molecule has 5 rings (SSSR count). The molecular formula is C27H28N6O5S. The Hall–Kier alpha value is -4.03. The third-order valence-corrected chi connectivity index (χ3v) is 7.29. The Bertz CT molecular complexity index is 1390. The van der Waals surface area contributed by atoms with Crippen molar-refractivity contribution in [2.24, 2.45) is 5.92 Å². The summed E-state index contributed by atoms with van der Waals surface area (Å²) >= 11 is 0.870. The molecule has 2 aliphatic heterocycles. The number of nitrogens with one attached hydrogen (secondary N) is 2. The fourth-order valence-electron chi connectivity index (χ4n) is 4.51. The predicted octanol–water partition coefficient (Wildman–Crippen LogP) is 3.64. The average Bonchev–Trinajstić information content (AvgIpc) is 3.59. The van der Waals surface area contributed by atoms with Crippen LogP contribution in [0.4, 0.5) is 10.7 Å². The molecule has 3 aromatic rings. The predicted molar refractivity (Wildman–Crippen MR) is 146 cm³/mol. The Kier molecular flexibility index (Phi) is 8.33. The van der Waals surface area contributed by atoms with Crippen molar-refractivity contribution in [3.63, 3.8) is 0 Å². The lowest BCUT2D eigenvalue weighted by molar-refractivity contribution is -0.115. The quantitative estimate of drug-likeness (QED) is 0.299. The van der Waals surface area contributed by atoms with Crippen LogP contribution in [0.1, 0.15) is 41.4 Å². The molecule has 3 aromatic heterocycles. The number of aromatic nitrogens is 3. The van der Waals surface area contributed by atoms with E-state index >= 15 is 0 Å². The van der Waals surface area contributed by atoms with E-state index in [1.165, 1.54) is 0 Å². The van der Waals surface area contributed by atoms with Gasteiger partial charge in [-0.1, -0.05) is 0 Å². The summed E-state index contributed by atoms with van der Waals surface area (Å²) in [4.78, 5) is 51.7. The molecule has 202 valence electrons. The van der Waals surface area contributed by atoms with Gasteiger partial charge in [-0.25, -0.2) is 14.8 Å². The maximum absolute atomic E-state index is 12.6. The lowest BCUT2D eigenvalue weighted by Crippen LogP contribution is -2.38. The van der Waals surface area contributed by atoms with Crippen molar-refractivity contribution in [3.05, 3.63) is 64.8 Å². The normalized spacial score (nSPS) is 17.1. The zero-order chi connectivity index (χ0) is 27.2. The second kappa shape index (κ2) is 12.2. The third-order valence-electron chi connectivity index (χ3n) is 6.48. The van der Waals surface area contributed by atoms with Gasteiger partial charge in [0.2, 0.25) is 5.95 Å². The molecule has 2 fully saturated rings. The molecular weight excluding hydrogens is 520 g/mol. The van der Waals surface area contributed by atoms with Gasteiger partial charge in [0.25, 0.3) is 11.1 Å². The summed E-state index contributed by atoms with van der Waals surface area (Å²) in [6.07, 6.45) is 10.1. The minimum Gasteiger partial charge on any atom is -0.472 e. The smallest absolute Gasteiger partial charge is 0.340 e. The number of hydrogen-bond acceptors (Lipinski definition) is 11. The van der Waals surface area contributed by atoms with E-state index in [1.54, 1.807) is 50.1 Å². The molecule has 0 spiro atoms. The molecule has 11 nitrogen and oxygen atoms in total. The topological polar surface area (TPSA) is 140 Å². The van der Waals surface area contributed by atoms with Crippen LogP contribution in [-0.4, -0.2) is 58.3 Å². The third kappa shape index (κ3) is 6.52. The largest absolute Gasteiger partial charge is 0.472 e. The summed E-state index contributed by atoms with van der Waals surface area (Å²) < 4.78 is 10.4. The van der Waals surface area contributed by atoms with Crippen molar-refractivity contribution in [1.29, 1.82) is 0 Å². The van der Waals surface area contributed by atoms with Gasteiger partial charge >= 0.3 is 5.97 Å². The molecule has 0 radical (unpaired) electrons. The number of furan rings is 1. The maximum Gasteiger partial charge on any atom is 0.340 e. The van der Waals surface area contributed by atoms with Crippen LogP contribution in [0.15, 0.2) is 52.4 Å². The highest BCUT2D eigenvalue weighted by molar-refractivity contribution is 8.18. The van der Waals surface area contributed by atoms with Gasteiger partial charge in [-0.3, -0.25) is 19.9 Å². The van der Waals surface area contributed by atoms with Crippen LogP contribution >= 0.6 is 11.8 Å². The van der Waals surface area contributed by atoms with E-state index in [2.05, 4.69) is 30.5 Å². The van der Waals surface area contributed by atoms with Crippen LogP contribution in [0.2, 0.25) is 0 Å². The number of ether oxygens (including phenoxy) is 1. The van der Waals surface area contributed by atoms with Crippen LogP contribution in [0.25, 0.3) is 17.3 Å². The van der Waals surface area contributed by atoms with Crippen molar-refractivity contribution < 1.29 is 23.5 Å². The van der Waals surface area contributed by atoms with E-state index in [4.69, 9.17) is 9.15 Å². The van der Waals surface area contributed by atoms with Gasteiger partial charge in [0, 0.05) is 37.6 Å². The number of hydrogen-bond donors (Lipinski definition) is 2. The Balaban J connectivity index is 1.14. The molecule has 5 heterocycles. The summed E-state index contributed by atoms with van der Waals surface area (Å²) in [6, 6.07) is 5.31. The van der Waals surface area contributed by atoms with Crippen molar-refractivity contribution in [2.75, 3.05) is 31.1 Å². The molecule has 0 unspecified atom stereocenters. The van der Waals surface area contributed by atoms with E-state index in [9.17, 15) is 14.4 Å². The first-order valence-electron chi connectivity index (χ1n) is 12.7. The average molecular weight is 549 g/mol. The van der Waals surface area contributed by atoms with Crippen molar-refractivity contribution in [1.82, 2.24) is 25.6 Å². The minimum atomic E-state index is -0.406. The SMILES string of the molecule is CCOC(=O)c1cc(CNCC2CCN(c3nccc(/C=C4\SC(=O)NC4=O)n3)CC2)cnc1-c1ccoc1. The number of imide groups is 1. The number of amides is 2. The minimum absolute atomic E-state index is 0.287. The van der Waals surface area contributed by atoms with Crippen LogP contribution in [0.3, 0.4) is 0 Å². The van der Waals surface area contributed by atoms with Crippen molar-refractivity contribution in [2.45, 2.75) is 26.3 Å². The van der Waals surface area contributed by atoms with Gasteiger partial charge in [0.05, 0.1) is 41.0 Å². The van der Waals surface area contributed by atoms with Crippen LogP contribution in [0.5, 0.6) is 0 Å². The van der Waals surface area contributed by atoms with Gasteiger partial charge in [0.15, 0.2) is 0 Å². The maximum atomic E-state index is 12.6. The van der Waals surface area contributed by atoms with Gasteiger partial charge < -0.3 is 19.4 Å². The lowest BCUT2D eigenvalue weighted by atomic mass is 9.97. The van der Waals surface area contributed by atoms with Gasteiger partial charge in [-0.2, -0.15) is 0 Å². The molecule has 0 atom stereocenters. The summed E-state index contributed by atoms with van der Waals surface area (Å²) in [5, 5.41) is 5.37. The Labute approximate surface area is 229 Å². The first kappa shape index (κ1) is 26.6. The number of anilines is 1. The summed E-state index contributed by atoms with van der Waals surface area (Å²) in [6.45, 7) is 5.11. The second-order valence-electron chi connectivity index (χ2n) is 9.17. The number of piperidine rings is 1. The zero-order valence-electron chi connectivity index (χ0n) is 21.4. The second-order valence-corrected chi connectivity index (χ2v) is 10.2. The monoisotopic (exact) mass is 548 g/mol. The summed E-state index contributed by atoms with van der Waals surface area (Å²) in [5.41, 5.74) is 3.18. The number of pyridine rings is 1. The number of thioether (sulfide) groups is 1. The Morgan fingerprint density at radius 2 is 2.13 bits per heavy atom. The van der Waals surface area contributed by atoms with E-state index < -0.39 is 11.9 Å². The number of carbonyl (C=O) groups excluding carboxylic acids is 3. The molecule has 0 aliphatic carbocycles. The molecule has 2 saturated heterocycles. The van der Waals surface area contributed by atoms with Crippen molar-refractivity contribution >= 4 is 40.9 Å². The standard InChI is InChI=1S/C27H28N6O5S/c1-2-38-25(35)21-11-18(15-30-23(21)19-6-10-37-16-19)14-28-13-17-4-8-33(9-5-17)26-29-7-3-20(31-26)12-22-24(34)32-27(36)39-22/h3,6-7,10-12,15-17,28H,2,4-5,8-9,13-14H2,1H3,(H,32,34,36)/b22-12-.